The van der Waals surface area contributed by atoms with Crippen molar-refractivity contribution in [2.75, 3.05) is 6.54 Å². The Morgan fingerprint density at radius 2 is 1.96 bits per heavy atom. The van der Waals surface area contributed by atoms with E-state index in [1.165, 1.54) is 10.4 Å². The predicted octanol–water partition coefficient (Wildman–Crippen LogP) is 2.66. The molecule has 0 saturated carbocycles. The molecule has 3 rings (SSSR count). The van der Waals surface area contributed by atoms with Gasteiger partial charge in [-0.1, -0.05) is 36.4 Å². The standard InChI is InChI=1S/C19H24N6S/c1-15-23-24-18(25(15)2)14-22-19(20-11-10-17-9-6-12-26-17)21-13-16-7-4-3-5-8-16/h3-9,12H,10-11,13-14H2,1-2H3,(H2,20,21,22). The maximum absolute atomic E-state index is 4.70. The summed E-state index contributed by atoms with van der Waals surface area (Å²) in [4.78, 5) is 6.07. The van der Waals surface area contributed by atoms with Gasteiger partial charge < -0.3 is 15.2 Å². The molecule has 0 unspecified atom stereocenters. The van der Waals surface area contributed by atoms with Gasteiger partial charge in [-0.05, 0) is 30.4 Å². The molecule has 0 amide bonds. The zero-order valence-corrected chi connectivity index (χ0v) is 16.0. The van der Waals surface area contributed by atoms with Crippen LogP contribution in [-0.2, 0) is 26.6 Å². The molecule has 0 fully saturated rings. The van der Waals surface area contributed by atoms with Crippen molar-refractivity contribution in [3.05, 3.63) is 69.9 Å². The van der Waals surface area contributed by atoms with Gasteiger partial charge in [0.2, 0.25) is 0 Å². The number of nitrogens with one attached hydrogen (secondary N) is 2. The average molecular weight is 369 g/mol. The second kappa shape index (κ2) is 9.15. The second-order valence-electron chi connectivity index (χ2n) is 5.98. The lowest BCUT2D eigenvalue weighted by molar-refractivity contribution is 0.713. The van der Waals surface area contributed by atoms with Crippen LogP contribution in [0.4, 0.5) is 0 Å². The summed E-state index contributed by atoms with van der Waals surface area (Å²) in [6, 6.07) is 14.5. The van der Waals surface area contributed by atoms with Gasteiger partial charge in [0, 0.05) is 18.5 Å². The van der Waals surface area contributed by atoms with Gasteiger partial charge in [-0.25, -0.2) is 4.99 Å². The van der Waals surface area contributed by atoms with Crippen LogP contribution in [0.1, 0.15) is 22.1 Å². The topological polar surface area (TPSA) is 67.1 Å². The summed E-state index contributed by atoms with van der Waals surface area (Å²) in [5, 5.41) is 17.2. The number of nitrogens with zero attached hydrogens (tertiary/aromatic N) is 4. The Bertz CT molecular complexity index is 823. The summed E-state index contributed by atoms with van der Waals surface area (Å²) in [6.07, 6.45) is 0.979. The summed E-state index contributed by atoms with van der Waals surface area (Å²) >= 11 is 1.78. The lowest BCUT2D eigenvalue weighted by atomic mass is 10.2. The number of aromatic nitrogens is 3. The molecular formula is C19H24N6S. The van der Waals surface area contributed by atoms with Crippen LogP contribution in [0.15, 0.2) is 52.8 Å². The largest absolute Gasteiger partial charge is 0.356 e. The third-order valence-electron chi connectivity index (χ3n) is 4.10. The highest BCUT2D eigenvalue weighted by atomic mass is 32.1. The fourth-order valence-corrected chi connectivity index (χ4v) is 3.16. The van der Waals surface area contributed by atoms with E-state index < -0.39 is 0 Å². The molecule has 26 heavy (non-hydrogen) atoms. The molecule has 0 saturated heterocycles. The first kappa shape index (κ1) is 18.1. The van der Waals surface area contributed by atoms with E-state index in [1.807, 2.05) is 36.7 Å². The minimum absolute atomic E-state index is 0.580. The van der Waals surface area contributed by atoms with Gasteiger partial charge in [-0.15, -0.1) is 21.5 Å². The highest BCUT2D eigenvalue weighted by Gasteiger charge is 2.06. The van der Waals surface area contributed by atoms with Crippen LogP contribution in [0.5, 0.6) is 0 Å². The van der Waals surface area contributed by atoms with Crippen molar-refractivity contribution in [1.82, 2.24) is 25.4 Å². The van der Waals surface area contributed by atoms with E-state index in [1.54, 1.807) is 11.3 Å². The molecular weight excluding hydrogens is 344 g/mol. The van der Waals surface area contributed by atoms with Gasteiger partial charge in [0.15, 0.2) is 11.8 Å². The smallest absolute Gasteiger partial charge is 0.191 e. The van der Waals surface area contributed by atoms with Gasteiger partial charge >= 0.3 is 0 Å². The molecule has 0 atom stereocenters. The quantitative estimate of drug-likeness (QED) is 0.497. The molecule has 0 aliphatic rings. The van der Waals surface area contributed by atoms with Crippen LogP contribution in [0, 0.1) is 6.92 Å². The maximum atomic E-state index is 4.70. The molecule has 6 nitrogen and oxygen atoms in total. The summed E-state index contributed by atoms with van der Waals surface area (Å²) < 4.78 is 1.98. The maximum Gasteiger partial charge on any atom is 0.191 e. The first-order valence-corrected chi connectivity index (χ1v) is 9.53. The number of thiophene rings is 1. The minimum atomic E-state index is 0.580. The van der Waals surface area contributed by atoms with E-state index in [4.69, 9.17) is 4.99 Å². The molecule has 0 aliphatic heterocycles. The van der Waals surface area contributed by atoms with Gasteiger partial charge in [0.25, 0.3) is 0 Å². The van der Waals surface area contributed by atoms with Crippen LogP contribution in [0.25, 0.3) is 0 Å². The molecule has 2 heterocycles. The predicted molar refractivity (Wildman–Crippen MR) is 106 cm³/mol. The summed E-state index contributed by atoms with van der Waals surface area (Å²) in [7, 11) is 1.97. The molecule has 2 aromatic heterocycles. The van der Waals surface area contributed by atoms with E-state index in [-0.39, 0.29) is 0 Å². The van der Waals surface area contributed by atoms with Gasteiger partial charge in [0.1, 0.15) is 5.82 Å². The van der Waals surface area contributed by atoms with E-state index in [0.29, 0.717) is 13.1 Å². The molecule has 0 radical (unpaired) electrons. The van der Waals surface area contributed by atoms with Crippen molar-refractivity contribution >= 4 is 17.3 Å². The Kier molecular flexibility index (Phi) is 6.38. The molecule has 3 aromatic rings. The molecule has 0 spiro atoms. The SMILES string of the molecule is Cc1nnc(CNC(=NCc2ccccc2)NCCc2cccs2)n1C. The molecule has 2 N–H and O–H groups in total. The highest BCUT2D eigenvalue weighted by molar-refractivity contribution is 7.09. The van der Waals surface area contributed by atoms with Crippen LogP contribution in [0.3, 0.4) is 0 Å². The number of hydrogen-bond acceptors (Lipinski definition) is 4. The van der Waals surface area contributed by atoms with E-state index in [0.717, 1.165) is 30.6 Å². The normalized spacial score (nSPS) is 11.5. The number of guanidine groups is 1. The van der Waals surface area contributed by atoms with Crippen molar-refractivity contribution in [1.29, 1.82) is 0 Å². The Morgan fingerprint density at radius 1 is 1.12 bits per heavy atom. The van der Waals surface area contributed by atoms with Crippen LogP contribution >= 0.6 is 11.3 Å². The zero-order valence-electron chi connectivity index (χ0n) is 15.1. The first-order chi connectivity index (χ1) is 12.7. The number of aliphatic imine (C=N–C) groups is 1. The number of rotatable bonds is 7. The fraction of sp³-hybridized carbons (Fsp3) is 0.316. The first-order valence-electron chi connectivity index (χ1n) is 8.66. The Balaban J connectivity index is 1.60. The van der Waals surface area contributed by atoms with Crippen molar-refractivity contribution in [2.24, 2.45) is 12.0 Å². The second-order valence-corrected chi connectivity index (χ2v) is 7.01. The third-order valence-corrected chi connectivity index (χ3v) is 5.04. The lowest BCUT2D eigenvalue weighted by Gasteiger charge is -2.12. The Labute approximate surface area is 158 Å². The molecule has 136 valence electrons. The van der Waals surface area contributed by atoms with E-state index >= 15 is 0 Å². The van der Waals surface area contributed by atoms with Crippen molar-refractivity contribution < 1.29 is 0 Å². The number of benzene rings is 1. The Morgan fingerprint density at radius 3 is 2.65 bits per heavy atom. The van der Waals surface area contributed by atoms with Crippen molar-refractivity contribution in [2.45, 2.75) is 26.4 Å². The molecule has 1 aromatic carbocycles. The summed E-state index contributed by atoms with van der Waals surface area (Å²) in [6.45, 7) is 3.99. The van der Waals surface area contributed by atoms with Gasteiger partial charge in [0.05, 0.1) is 13.1 Å². The van der Waals surface area contributed by atoms with Gasteiger partial charge in [-0.2, -0.15) is 0 Å². The van der Waals surface area contributed by atoms with Crippen molar-refractivity contribution in [3.8, 4) is 0 Å². The molecule has 0 bridgehead atoms. The Hall–Kier alpha value is -2.67. The molecule has 7 heteroatoms. The van der Waals surface area contributed by atoms with E-state index in [9.17, 15) is 0 Å². The average Bonchev–Trinajstić information content (AvgIpc) is 3.29. The summed E-state index contributed by atoms with van der Waals surface area (Å²) in [5.41, 5.74) is 1.18. The highest BCUT2D eigenvalue weighted by Crippen LogP contribution is 2.08. The van der Waals surface area contributed by atoms with Crippen LogP contribution in [-0.4, -0.2) is 27.3 Å². The van der Waals surface area contributed by atoms with E-state index in [2.05, 4.69) is 50.5 Å². The summed E-state index contributed by atoms with van der Waals surface area (Å²) in [5.74, 6) is 2.57. The minimum Gasteiger partial charge on any atom is -0.356 e. The monoisotopic (exact) mass is 368 g/mol. The van der Waals surface area contributed by atoms with Crippen LogP contribution in [0.2, 0.25) is 0 Å². The lowest BCUT2D eigenvalue weighted by Crippen LogP contribution is -2.38. The zero-order chi connectivity index (χ0) is 18.2. The number of aryl methyl sites for hydroxylation is 1. The number of hydrogen-bond donors (Lipinski definition) is 2. The van der Waals surface area contributed by atoms with Crippen molar-refractivity contribution in [3.63, 3.8) is 0 Å². The third kappa shape index (κ3) is 5.16. The fourth-order valence-electron chi connectivity index (χ4n) is 2.45. The van der Waals surface area contributed by atoms with Crippen LogP contribution < -0.4 is 10.6 Å². The molecule has 0 aliphatic carbocycles. The van der Waals surface area contributed by atoms with Gasteiger partial charge in [-0.3, -0.25) is 0 Å².